The van der Waals surface area contributed by atoms with E-state index in [-0.39, 0.29) is 16.7 Å². The van der Waals surface area contributed by atoms with E-state index >= 15 is 0 Å². The van der Waals surface area contributed by atoms with Crippen LogP contribution in [0.4, 0.5) is 10.1 Å². The van der Waals surface area contributed by atoms with Crippen molar-refractivity contribution in [2.45, 2.75) is 18.6 Å². The highest BCUT2D eigenvalue weighted by atomic mass is 19.1. The number of rotatable bonds is 2. The normalized spacial score (nSPS) is 24.8. The highest BCUT2D eigenvalue weighted by Gasteiger charge is 2.75. The molecule has 2 fully saturated rings. The van der Waals surface area contributed by atoms with E-state index in [1.807, 2.05) is 6.92 Å². The van der Waals surface area contributed by atoms with Crippen molar-refractivity contribution in [2.24, 2.45) is 11.8 Å². The van der Waals surface area contributed by atoms with Crippen LogP contribution in [0.2, 0.25) is 0 Å². The summed E-state index contributed by atoms with van der Waals surface area (Å²) in [6.07, 6.45) is -1.28. The Morgan fingerprint density at radius 1 is 0.794 bits per heavy atom. The average molecular weight is 455 g/mol. The molecule has 168 valence electrons. The minimum absolute atomic E-state index is 0.0258. The molecule has 7 heteroatoms. The highest BCUT2D eigenvalue weighted by Crippen LogP contribution is 2.57. The zero-order valence-corrected chi connectivity index (χ0v) is 18.0. The molecule has 0 unspecified atom stereocenters. The predicted octanol–water partition coefficient (Wildman–Crippen LogP) is 3.83. The molecule has 0 saturated carbocycles. The fourth-order valence-corrected chi connectivity index (χ4v) is 5.45. The number of nitrogens with zero attached hydrogens (tertiary/aromatic N) is 1. The minimum atomic E-state index is -2.21. The molecule has 3 aromatic rings. The second-order valence-electron chi connectivity index (χ2n) is 8.85. The number of ketones is 2. The first-order valence-corrected chi connectivity index (χ1v) is 10.9. The predicted molar refractivity (Wildman–Crippen MR) is 119 cm³/mol. The van der Waals surface area contributed by atoms with Crippen LogP contribution in [-0.2, 0) is 14.3 Å². The number of imide groups is 1. The van der Waals surface area contributed by atoms with Crippen LogP contribution in [0.3, 0.4) is 0 Å². The molecule has 34 heavy (non-hydrogen) atoms. The molecule has 0 N–H and O–H groups in total. The number of anilines is 1. The van der Waals surface area contributed by atoms with Crippen molar-refractivity contribution < 1.29 is 28.3 Å². The molecule has 1 spiro atoms. The quantitative estimate of drug-likeness (QED) is 0.433. The number of halogens is 1. The number of fused-ring (bicyclic) bond motifs is 3. The Bertz CT molecular complexity index is 1380. The number of benzene rings is 3. The summed E-state index contributed by atoms with van der Waals surface area (Å²) in [4.78, 5) is 55.8. The van der Waals surface area contributed by atoms with Gasteiger partial charge >= 0.3 is 0 Å². The van der Waals surface area contributed by atoms with Gasteiger partial charge in [0, 0.05) is 16.7 Å². The van der Waals surface area contributed by atoms with Crippen molar-refractivity contribution in [3.8, 4) is 0 Å². The smallest absolute Gasteiger partial charge is 0.241 e. The van der Waals surface area contributed by atoms with Gasteiger partial charge in [-0.2, -0.15) is 0 Å². The maximum absolute atomic E-state index is 14.9. The summed E-state index contributed by atoms with van der Waals surface area (Å²) in [5, 5.41) is 0. The lowest BCUT2D eigenvalue weighted by atomic mass is 9.77. The Kier molecular flexibility index (Phi) is 4.25. The molecule has 2 heterocycles. The van der Waals surface area contributed by atoms with Crippen molar-refractivity contribution in [2.75, 3.05) is 4.90 Å². The van der Waals surface area contributed by atoms with Gasteiger partial charge in [0.15, 0.2) is 0 Å². The maximum Gasteiger partial charge on any atom is 0.241 e. The highest BCUT2D eigenvalue weighted by molar-refractivity contribution is 6.37. The molecule has 3 aliphatic rings. The molecular formula is C27H18FNO5. The van der Waals surface area contributed by atoms with Crippen LogP contribution in [0.1, 0.15) is 37.9 Å². The molecular weight excluding hydrogens is 437 g/mol. The summed E-state index contributed by atoms with van der Waals surface area (Å²) < 4.78 is 20.9. The summed E-state index contributed by atoms with van der Waals surface area (Å²) >= 11 is 0. The van der Waals surface area contributed by atoms with Crippen molar-refractivity contribution >= 4 is 29.1 Å². The molecule has 1 aliphatic carbocycles. The third-order valence-electron chi connectivity index (χ3n) is 7.02. The largest absolute Gasteiger partial charge is 0.349 e. The van der Waals surface area contributed by atoms with E-state index in [1.54, 1.807) is 42.5 Å². The lowest BCUT2D eigenvalue weighted by Gasteiger charge is -2.27. The van der Waals surface area contributed by atoms with E-state index in [2.05, 4.69) is 0 Å². The Balaban J connectivity index is 1.56. The lowest BCUT2D eigenvalue weighted by Crippen LogP contribution is -2.51. The van der Waals surface area contributed by atoms with E-state index in [0.29, 0.717) is 5.69 Å². The van der Waals surface area contributed by atoms with E-state index in [1.165, 1.54) is 30.3 Å². The van der Waals surface area contributed by atoms with Gasteiger partial charge in [-0.1, -0.05) is 60.2 Å². The van der Waals surface area contributed by atoms with Gasteiger partial charge in [0.1, 0.15) is 5.82 Å². The number of ether oxygens (including phenoxy) is 1. The summed E-state index contributed by atoms with van der Waals surface area (Å²) in [6.45, 7) is 1.87. The van der Waals surface area contributed by atoms with Gasteiger partial charge in [-0.25, -0.2) is 9.29 Å². The van der Waals surface area contributed by atoms with Gasteiger partial charge in [-0.15, -0.1) is 0 Å². The minimum Gasteiger partial charge on any atom is -0.349 e. The molecule has 2 aliphatic heterocycles. The van der Waals surface area contributed by atoms with E-state index in [4.69, 9.17) is 4.74 Å². The third-order valence-corrected chi connectivity index (χ3v) is 7.02. The SMILES string of the molecule is Cc1ccc(N2C(=O)[C@H]3[C@@H](C2=O)C2(O[C@H]3c3ccccc3F)C(=O)c3ccccc3C2=O)cc1. The van der Waals surface area contributed by atoms with Crippen LogP contribution in [-0.4, -0.2) is 29.0 Å². The van der Waals surface area contributed by atoms with E-state index in [9.17, 15) is 23.6 Å². The topological polar surface area (TPSA) is 80.8 Å². The van der Waals surface area contributed by atoms with Gasteiger partial charge in [-0.05, 0) is 25.1 Å². The number of carbonyl (C=O) groups excluding carboxylic acids is 4. The number of aryl methyl sites for hydroxylation is 1. The summed E-state index contributed by atoms with van der Waals surface area (Å²) in [5.41, 5.74) is -0.661. The van der Waals surface area contributed by atoms with Crippen LogP contribution >= 0.6 is 0 Å². The molecule has 0 bridgehead atoms. The Morgan fingerprint density at radius 3 is 2.00 bits per heavy atom. The first-order valence-electron chi connectivity index (χ1n) is 10.9. The van der Waals surface area contributed by atoms with Gasteiger partial charge in [0.2, 0.25) is 29.0 Å². The molecule has 3 aromatic carbocycles. The molecule has 2 saturated heterocycles. The zero-order chi connectivity index (χ0) is 23.8. The van der Waals surface area contributed by atoms with Gasteiger partial charge in [0.05, 0.1) is 23.6 Å². The molecule has 0 radical (unpaired) electrons. The maximum atomic E-state index is 14.9. The first kappa shape index (κ1) is 20.6. The van der Waals surface area contributed by atoms with E-state index in [0.717, 1.165) is 10.5 Å². The number of amides is 2. The Labute approximate surface area is 193 Å². The second kappa shape index (κ2) is 7.01. The summed E-state index contributed by atoms with van der Waals surface area (Å²) in [5.74, 6) is -5.95. The van der Waals surface area contributed by atoms with Crippen LogP contribution in [0.25, 0.3) is 0 Å². The van der Waals surface area contributed by atoms with Gasteiger partial charge in [0.25, 0.3) is 0 Å². The average Bonchev–Trinajstić information content (AvgIpc) is 3.40. The molecule has 2 amide bonds. The number of Topliss-reactive ketones (excluding diaryl/α,β-unsaturated/α-hetero) is 2. The van der Waals surface area contributed by atoms with Gasteiger partial charge in [-0.3, -0.25) is 19.2 Å². The van der Waals surface area contributed by atoms with Crippen LogP contribution in [0.5, 0.6) is 0 Å². The molecule has 6 rings (SSSR count). The fraction of sp³-hybridized carbons (Fsp3) is 0.185. The number of hydrogen-bond donors (Lipinski definition) is 0. The number of hydrogen-bond acceptors (Lipinski definition) is 5. The van der Waals surface area contributed by atoms with Crippen molar-refractivity contribution in [3.63, 3.8) is 0 Å². The fourth-order valence-electron chi connectivity index (χ4n) is 5.45. The third kappa shape index (κ3) is 2.47. The first-order chi connectivity index (χ1) is 16.4. The van der Waals surface area contributed by atoms with Gasteiger partial charge < -0.3 is 4.74 Å². The zero-order valence-electron chi connectivity index (χ0n) is 18.0. The second-order valence-corrected chi connectivity index (χ2v) is 8.85. The van der Waals surface area contributed by atoms with Crippen LogP contribution in [0, 0.1) is 24.6 Å². The van der Waals surface area contributed by atoms with Crippen molar-refractivity contribution in [1.82, 2.24) is 0 Å². The van der Waals surface area contributed by atoms with Crippen LogP contribution < -0.4 is 4.90 Å². The number of carbonyl (C=O) groups is 4. The monoisotopic (exact) mass is 455 g/mol. The lowest BCUT2D eigenvalue weighted by molar-refractivity contribution is -0.127. The Morgan fingerprint density at radius 2 is 1.38 bits per heavy atom. The molecule has 0 aromatic heterocycles. The standard InChI is InChI=1S/C27H18FNO5/c1-14-10-12-15(13-11-14)29-25(32)20-21(26(29)33)27(34-22(20)18-8-4-5-9-19(18)28)23(30)16-6-2-3-7-17(16)24(27)31/h2-13,20-22H,1H3/t20-,21-,22-/m0/s1. The Hall–Kier alpha value is -3.97. The van der Waals surface area contributed by atoms with Crippen molar-refractivity contribution in [3.05, 3.63) is 101 Å². The molecule has 3 atom stereocenters. The molecule has 6 nitrogen and oxygen atoms in total. The van der Waals surface area contributed by atoms with Crippen molar-refractivity contribution in [1.29, 1.82) is 0 Å². The van der Waals surface area contributed by atoms with Crippen LogP contribution in [0.15, 0.2) is 72.8 Å². The van der Waals surface area contributed by atoms with E-state index < -0.39 is 52.7 Å². The summed E-state index contributed by atoms with van der Waals surface area (Å²) in [6, 6.07) is 18.7. The summed E-state index contributed by atoms with van der Waals surface area (Å²) in [7, 11) is 0.